The first-order chi connectivity index (χ1) is 18.7. The monoisotopic (exact) mass is 526 g/mol. The van der Waals surface area contributed by atoms with E-state index in [1.165, 1.54) is 66.9 Å². The Morgan fingerprint density at radius 2 is 1.23 bits per heavy atom. The number of aliphatic hydroxyl groups is 1. The lowest BCUT2D eigenvalue weighted by Crippen LogP contribution is -2.35. The van der Waals surface area contributed by atoms with Crippen LogP contribution in [0.15, 0.2) is 100 Å². The van der Waals surface area contributed by atoms with Crippen molar-refractivity contribution in [3.63, 3.8) is 0 Å². The highest BCUT2D eigenvalue weighted by Gasteiger charge is 2.37. The molecule has 4 aromatic carbocycles. The Morgan fingerprint density at radius 1 is 0.641 bits per heavy atom. The summed E-state index contributed by atoms with van der Waals surface area (Å²) in [5.74, 6) is -0.744. The lowest BCUT2D eigenvalue weighted by molar-refractivity contribution is -0.0386. The van der Waals surface area contributed by atoms with E-state index < -0.39 is 12.2 Å². The Balaban J connectivity index is 0.000000158. The van der Waals surface area contributed by atoms with Crippen molar-refractivity contribution in [2.75, 3.05) is 0 Å². The molecule has 5 aromatic rings. The predicted octanol–water partition coefficient (Wildman–Crippen LogP) is 4.65. The van der Waals surface area contributed by atoms with E-state index >= 15 is 0 Å². The maximum Gasteiger partial charge on any atom is 0.211 e. The molecule has 0 amide bonds. The van der Waals surface area contributed by atoms with Crippen molar-refractivity contribution >= 4 is 16.8 Å². The van der Waals surface area contributed by atoms with Gasteiger partial charge in [-0.1, -0.05) is 24.3 Å². The number of hydrogen-bond donors (Lipinski definition) is 5. The highest BCUT2D eigenvalue weighted by molar-refractivity contribution is 6.04. The number of phenolic OH excluding ortho intramolecular Hbond substituents is 4. The summed E-state index contributed by atoms with van der Waals surface area (Å²) in [5.41, 5.74) is 2.12. The molecule has 0 fully saturated rings. The van der Waals surface area contributed by atoms with Crippen molar-refractivity contribution in [2.45, 2.75) is 12.2 Å². The average Bonchev–Trinajstić information content (AvgIpc) is 2.91. The Labute approximate surface area is 221 Å². The molecule has 0 bridgehead atoms. The van der Waals surface area contributed by atoms with Gasteiger partial charge in [-0.2, -0.15) is 0 Å². The zero-order chi connectivity index (χ0) is 27.7. The smallest absolute Gasteiger partial charge is 0.211 e. The van der Waals surface area contributed by atoms with E-state index in [2.05, 4.69) is 0 Å². The summed E-state index contributed by atoms with van der Waals surface area (Å²) in [6.07, 6.45) is 0.0255. The number of hydrogen-bond acceptors (Lipinski definition) is 9. The zero-order valence-corrected chi connectivity index (χ0v) is 20.2. The van der Waals surface area contributed by atoms with Gasteiger partial charge in [-0.25, -0.2) is 0 Å². The third-order valence-electron chi connectivity index (χ3n) is 6.23. The number of carbonyl (C=O) groups excluding carboxylic acids is 1. The van der Waals surface area contributed by atoms with E-state index in [1.54, 1.807) is 24.3 Å². The molecular weight excluding hydrogens is 504 g/mol. The van der Waals surface area contributed by atoms with Crippen LogP contribution < -0.4 is 10.2 Å². The third-order valence-corrected chi connectivity index (χ3v) is 6.23. The molecule has 1 aliphatic heterocycles. The number of ketones is 1. The molecule has 5 N–H and O–H groups in total. The second-order valence-electron chi connectivity index (χ2n) is 8.83. The fourth-order valence-corrected chi connectivity index (χ4v) is 4.26. The van der Waals surface area contributed by atoms with Crippen molar-refractivity contribution in [1.29, 1.82) is 0 Å². The molecule has 1 aromatic heterocycles. The summed E-state index contributed by atoms with van der Waals surface area (Å²) in [6.45, 7) is 0. The molecule has 0 aliphatic carbocycles. The molecule has 0 spiro atoms. The fourth-order valence-electron chi connectivity index (χ4n) is 4.26. The Kier molecular flexibility index (Phi) is 6.66. The fraction of sp³-hybridized carbons (Fsp3) is 0.0667. The molecule has 1 aliphatic rings. The quantitative estimate of drug-likeness (QED) is 0.221. The molecule has 9 heteroatoms. The first kappa shape index (κ1) is 25.4. The molecule has 2 atom stereocenters. The van der Waals surface area contributed by atoms with Crippen LogP contribution in [-0.2, 0) is 0 Å². The molecule has 2 heterocycles. The average molecular weight is 526 g/mol. The van der Waals surface area contributed by atoms with Crippen LogP contribution in [0.4, 0.5) is 0 Å². The summed E-state index contributed by atoms with van der Waals surface area (Å²) < 4.78 is 10.7. The van der Waals surface area contributed by atoms with Crippen molar-refractivity contribution in [3.05, 3.63) is 113 Å². The lowest BCUT2D eigenvalue weighted by Gasteiger charge is -2.29. The molecule has 0 saturated heterocycles. The molecule has 9 nitrogen and oxygen atoms in total. The third kappa shape index (κ3) is 5.11. The minimum absolute atomic E-state index is 0.0353. The molecule has 39 heavy (non-hydrogen) atoms. The number of ether oxygens (including phenoxy) is 1. The maximum atomic E-state index is 12.4. The predicted molar refractivity (Wildman–Crippen MR) is 141 cm³/mol. The molecule has 0 radical (unpaired) electrons. The van der Waals surface area contributed by atoms with Gasteiger partial charge in [-0.15, -0.1) is 0 Å². The van der Waals surface area contributed by atoms with Crippen LogP contribution >= 0.6 is 0 Å². The Hall–Kier alpha value is -5.28. The van der Waals surface area contributed by atoms with E-state index in [1.807, 2.05) is 0 Å². The van der Waals surface area contributed by atoms with Crippen molar-refractivity contribution in [1.82, 2.24) is 0 Å². The Bertz CT molecular complexity index is 1720. The first-order valence-electron chi connectivity index (χ1n) is 11.8. The van der Waals surface area contributed by atoms with E-state index in [0.29, 0.717) is 33.2 Å². The van der Waals surface area contributed by atoms with Gasteiger partial charge in [0.2, 0.25) is 6.29 Å². The minimum Gasteiger partial charge on any atom is -0.508 e. The molecule has 2 unspecified atom stereocenters. The second-order valence-corrected chi connectivity index (χ2v) is 8.83. The van der Waals surface area contributed by atoms with Gasteiger partial charge in [0.25, 0.3) is 0 Å². The van der Waals surface area contributed by atoms with Gasteiger partial charge in [0.15, 0.2) is 11.2 Å². The van der Waals surface area contributed by atoms with E-state index in [4.69, 9.17) is 9.15 Å². The normalized spacial score (nSPS) is 16.1. The first-order valence-corrected chi connectivity index (χ1v) is 11.8. The number of aliphatic hydroxyl groups excluding tert-OH is 1. The van der Waals surface area contributed by atoms with Crippen LogP contribution in [-0.4, -0.2) is 37.6 Å². The van der Waals surface area contributed by atoms with Crippen molar-refractivity contribution in [3.8, 4) is 39.9 Å². The van der Waals surface area contributed by atoms with Crippen LogP contribution in [0.3, 0.4) is 0 Å². The summed E-state index contributed by atoms with van der Waals surface area (Å²) >= 11 is 0. The SMILES string of the molecule is O=C1c2ccc(O)cc2OC(O)C1c1ccc(O)cc1.O=c1c(-c2ccc(O)cc2)coc2cc(O)ccc12. The number of phenols is 4. The number of carbonyl (C=O) groups is 1. The van der Waals surface area contributed by atoms with Gasteiger partial charge >= 0.3 is 0 Å². The molecule has 0 saturated carbocycles. The van der Waals surface area contributed by atoms with Gasteiger partial charge < -0.3 is 34.7 Å². The van der Waals surface area contributed by atoms with E-state index in [-0.39, 0.29) is 40.0 Å². The van der Waals surface area contributed by atoms with Crippen LogP contribution in [0.2, 0.25) is 0 Å². The van der Waals surface area contributed by atoms with Gasteiger partial charge in [0.05, 0.1) is 16.5 Å². The largest absolute Gasteiger partial charge is 0.508 e. The van der Waals surface area contributed by atoms with Crippen LogP contribution in [0.5, 0.6) is 28.7 Å². The van der Waals surface area contributed by atoms with E-state index in [0.717, 1.165) is 0 Å². The lowest BCUT2D eigenvalue weighted by atomic mass is 9.87. The standard InChI is InChI=1S/C15H12O5.C15H10O4/c16-9-3-1-8(2-4-9)13-14(18)11-6-5-10(17)7-12(11)20-15(13)19;16-10-3-1-9(2-4-10)13-8-19-14-7-11(17)5-6-12(14)15(13)18/h1-7,13,15-17,19H;1-8,16-17H. The van der Waals surface area contributed by atoms with Gasteiger partial charge in [-0.05, 0) is 59.7 Å². The van der Waals surface area contributed by atoms with Crippen molar-refractivity contribution < 1.29 is 39.5 Å². The molecule has 6 rings (SSSR count). The number of aromatic hydroxyl groups is 4. The highest BCUT2D eigenvalue weighted by atomic mass is 16.6. The van der Waals surface area contributed by atoms with E-state index in [9.17, 15) is 35.1 Å². The van der Waals surface area contributed by atoms with Crippen molar-refractivity contribution in [2.24, 2.45) is 0 Å². The number of rotatable bonds is 2. The zero-order valence-electron chi connectivity index (χ0n) is 20.2. The van der Waals surface area contributed by atoms with Crippen LogP contribution in [0.1, 0.15) is 21.8 Å². The molecular formula is C30H22O9. The minimum atomic E-state index is -1.33. The molecule has 196 valence electrons. The van der Waals surface area contributed by atoms with Gasteiger partial charge in [-0.3, -0.25) is 9.59 Å². The number of fused-ring (bicyclic) bond motifs is 2. The maximum absolute atomic E-state index is 12.4. The number of benzene rings is 4. The van der Waals surface area contributed by atoms with Gasteiger partial charge in [0.1, 0.15) is 46.5 Å². The summed E-state index contributed by atoms with van der Waals surface area (Å²) in [4.78, 5) is 24.8. The van der Waals surface area contributed by atoms with Crippen LogP contribution in [0, 0.1) is 0 Å². The number of Topliss-reactive ketones (excluding diaryl/α,β-unsaturated/α-hetero) is 1. The summed E-state index contributed by atoms with van der Waals surface area (Å²) in [7, 11) is 0. The summed E-state index contributed by atoms with van der Waals surface area (Å²) in [5, 5.41) is 47.7. The second kappa shape index (κ2) is 10.2. The highest BCUT2D eigenvalue weighted by Crippen LogP contribution is 2.37. The van der Waals surface area contributed by atoms with Crippen LogP contribution in [0.25, 0.3) is 22.1 Å². The Morgan fingerprint density at radius 3 is 1.92 bits per heavy atom. The summed E-state index contributed by atoms with van der Waals surface area (Å²) in [6, 6.07) is 20.9. The van der Waals surface area contributed by atoms with Gasteiger partial charge in [0, 0.05) is 12.1 Å². The topological polar surface area (TPSA) is 158 Å².